The number of carboxylic acid groups (broad SMARTS) is 2. The molecule has 0 aliphatic heterocycles. The third-order valence-electron chi connectivity index (χ3n) is 3.10. The Kier molecular flexibility index (Phi) is 5.71. The summed E-state index contributed by atoms with van der Waals surface area (Å²) in [7, 11) is 1.56. The monoisotopic (exact) mass is 299 g/mol. The molecule has 1 aromatic heterocycles. The van der Waals surface area contributed by atoms with Crippen molar-refractivity contribution in [3.8, 4) is 0 Å². The standard InChI is InChI=1S/C13H21N3O5/c1-8(2)6-9(11(17)18)14-10(12(19)20)7-16-5-4-15(3)13(16)21/h4-5,8-10,14H,6-7H2,1-3H3,(H,17,18)(H,19,20)/t9-,10-/m0/s1. The number of hydrogen-bond donors (Lipinski definition) is 3. The lowest BCUT2D eigenvalue weighted by molar-refractivity contribution is -0.143. The highest BCUT2D eigenvalue weighted by molar-refractivity contribution is 5.77. The quantitative estimate of drug-likeness (QED) is 0.609. The van der Waals surface area contributed by atoms with Crippen LogP contribution in [0.25, 0.3) is 0 Å². The predicted molar refractivity (Wildman–Crippen MR) is 75.1 cm³/mol. The van der Waals surface area contributed by atoms with Gasteiger partial charge in [-0.3, -0.25) is 19.5 Å². The van der Waals surface area contributed by atoms with Gasteiger partial charge in [-0.05, 0) is 12.3 Å². The first-order valence-electron chi connectivity index (χ1n) is 6.65. The topological polar surface area (TPSA) is 114 Å². The second kappa shape index (κ2) is 7.07. The Labute approximate surface area is 122 Å². The predicted octanol–water partition coefficient (Wildman–Crippen LogP) is -0.271. The highest BCUT2D eigenvalue weighted by Crippen LogP contribution is 2.06. The summed E-state index contributed by atoms with van der Waals surface area (Å²) in [6.07, 6.45) is 3.30. The van der Waals surface area contributed by atoms with Crippen molar-refractivity contribution in [3.05, 3.63) is 22.9 Å². The average molecular weight is 299 g/mol. The fraction of sp³-hybridized carbons (Fsp3) is 0.615. The SMILES string of the molecule is CC(C)C[C@H](N[C@@H](Cn1ccn(C)c1=O)C(=O)O)C(=O)O. The number of nitrogens with one attached hydrogen (secondary N) is 1. The Morgan fingerprint density at radius 3 is 2.14 bits per heavy atom. The second-order valence-corrected chi connectivity index (χ2v) is 5.42. The van der Waals surface area contributed by atoms with E-state index in [2.05, 4.69) is 5.32 Å². The van der Waals surface area contributed by atoms with Crippen LogP contribution in [-0.2, 0) is 23.2 Å². The molecular weight excluding hydrogens is 278 g/mol. The molecule has 21 heavy (non-hydrogen) atoms. The van der Waals surface area contributed by atoms with E-state index in [9.17, 15) is 19.5 Å². The Bertz CT molecular complexity index is 560. The maximum atomic E-state index is 11.7. The lowest BCUT2D eigenvalue weighted by Crippen LogP contribution is -2.50. The van der Waals surface area contributed by atoms with Gasteiger partial charge in [-0.2, -0.15) is 0 Å². The van der Waals surface area contributed by atoms with Crippen molar-refractivity contribution in [2.45, 2.75) is 38.9 Å². The van der Waals surface area contributed by atoms with E-state index in [1.807, 2.05) is 13.8 Å². The second-order valence-electron chi connectivity index (χ2n) is 5.42. The summed E-state index contributed by atoms with van der Waals surface area (Å²) in [5.74, 6) is -2.19. The third-order valence-corrected chi connectivity index (χ3v) is 3.10. The van der Waals surface area contributed by atoms with Gasteiger partial charge in [0.1, 0.15) is 12.1 Å². The number of rotatable bonds is 8. The summed E-state index contributed by atoms with van der Waals surface area (Å²) in [6.45, 7) is 3.58. The van der Waals surface area contributed by atoms with Gasteiger partial charge in [0, 0.05) is 19.4 Å². The molecule has 3 N–H and O–H groups in total. The molecule has 0 bridgehead atoms. The lowest BCUT2D eigenvalue weighted by Gasteiger charge is -2.21. The van der Waals surface area contributed by atoms with Crippen LogP contribution < -0.4 is 11.0 Å². The molecule has 1 heterocycles. The first-order valence-corrected chi connectivity index (χ1v) is 6.65. The van der Waals surface area contributed by atoms with Crippen molar-refractivity contribution in [2.24, 2.45) is 13.0 Å². The Hall–Kier alpha value is -2.09. The molecule has 1 aromatic rings. The minimum absolute atomic E-state index is 0.104. The van der Waals surface area contributed by atoms with E-state index in [0.29, 0.717) is 6.42 Å². The summed E-state index contributed by atoms with van der Waals surface area (Å²) in [5, 5.41) is 21.0. The first-order chi connectivity index (χ1) is 9.72. The molecule has 0 aliphatic carbocycles. The summed E-state index contributed by atoms with van der Waals surface area (Å²) in [5.41, 5.74) is -0.348. The van der Waals surface area contributed by atoms with E-state index in [1.54, 1.807) is 7.05 Å². The maximum Gasteiger partial charge on any atom is 0.327 e. The van der Waals surface area contributed by atoms with Gasteiger partial charge in [0.2, 0.25) is 0 Å². The molecule has 0 aromatic carbocycles. The van der Waals surface area contributed by atoms with Crippen molar-refractivity contribution < 1.29 is 19.8 Å². The molecule has 8 heteroatoms. The van der Waals surface area contributed by atoms with Gasteiger partial charge < -0.3 is 14.8 Å². The molecule has 2 atom stereocenters. The molecule has 0 saturated heterocycles. The van der Waals surface area contributed by atoms with Crippen LogP contribution in [0.15, 0.2) is 17.2 Å². The number of carboxylic acids is 2. The van der Waals surface area contributed by atoms with Crippen LogP contribution in [0, 0.1) is 5.92 Å². The minimum Gasteiger partial charge on any atom is -0.480 e. The fourth-order valence-corrected chi connectivity index (χ4v) is 2.00. The highest BCUT2D eigenvalue weighted by Gasteiger charge is 2.27. The summed E-state index contributed by atoms with van der Waals surface area (Å²) < 4.78 is 2.56. The van der Waals surface area contributed by atoms with Crippen LogP contribution in [0.2, 0.25) is 0 Å². The molecule has 1 rings (SSSR count). The zero-order valence-corrected chi connectivity index (χ0v) is 12.3. The van der Waals surface area contributed by atoms with Crippen LogP contribution in [0.4, 0.5) is 0 Å². The molecule has 0 spiro atoms. The summed E-state index contributed by atoms with van der Waals surface area (Å²) in [4.78, 5) is 34.2. The van der Waals surface area contributed by atoms with Crippen molar-refractivity contribution in [1.29, 1.82) is 0 Å². The van der Waals surface area contributed by atoms with Crippen LogP contribution in [0.5, 0.6) is 0 Å². The van der Waals surface area contributed by atoms with Gasteiger partial charge in [-0.25, -0.2) is 4.79 Å². The van der Waals surface area contributed by atoms with E-state index in [0.717, 1.165) is 0 Å². The van der Waals surface area contributed by atoms with Gasteiger partial charge in [-0.15, -0.1) is 0 Å². The molecule has 0 radical (unpaired) electrons. The highest BCUT2D eigenvalue weighted by atomic mass is 16.4. The first kappa shape index (κ1) is 17.0. The van der Waals surface area contributed by atoms with E-state index < -0.39 is 24.0 Å². The number of aromatic nitrogens is 2. The summed E-state index contributed by atoms with van der Waals surface area (Å²) >= 11 is 0. The number of aliphatic carboxylic acids is 2. The number of hydrogen-bond acceptors (Lipinski definition) is 4. The minimum atomic E-state index is -1.19. The largest absolute Gasteiger partial charge is 0.480 e. The van der Waals surface area contributed by atoms with E-state index in [4.69, 9.17) is 5.11 Å². The van der Waals surface area contributed by atoms with Crippen LogP contribution in [0.3, 0.4) is 0 Å². The number of nitrogens with zero attached hydrogens (tertiary/aromatic N) is 2. The number of imidazole rings is 1. The maximum absolute atomic E-state index is 11.7. The normalized spacial score (nSPS) is 14.1. The van der Waals surface area contributed by atoms with E-state index in [-0.39, 0.29) is 18.2 Å². The van der Waals surface area contributed by atoms with Crippen LogP contribution >= 0.6 is 0 Å². The van der Waals surface area contributed by atoms with Crippen molar-refractivity contribution in [3.63, 3.8) is 0 Å². The van der Waals surface area contributed by atoms with Gasteiger partial charge in [0.15, 0.2) is 0 Å². The summed E-state index contributed by atoms with van der Waals surface area (Å²) in [6, 6.07) is -2.12. The van der Waals surface area contributed by atoms with Crippen molar-refractivity contribution >= 4 is 11.9 Å². The fourth-order valence-electron chi connectivity index (χ4n) is 2.00. The van der Waals surface area contributed by atoms with Crippen molar-refractivity contribution in [1.82, 2.24) is 14.5 Å². The van der Waals surface area contributed by atoms with Crippen molar-refractivity contribution in [2.75, 3.05) is 0 Å². The third kappa shape index (κ3) is 4.75. The smallest absolute Gasteiger partial charge is 0.327 e. The van der Waals surface area contributed by atoms with Gasteiger partial charge in [0.25, 0.3) is 0 Å². The molecule has 0 fully saturated rings. The van der Waals surface area contributed by atoms with Gasteiger partial charge >= 0.3 is 17.6 Å². The van der Waals surface area contributed by atoms with Crippen LogP contribution in [-0.4, -0.2) is 43.4 Å². The van der Waals surface area contributed by atoms with E-state index in [1.165, 1.54) is 21.5 Å². The molecule has 8 nitrogen and oxygen atoms in total. The zero-order valence-electron chi connectivity index (χ0n) is 12.3. The average Bonchev–Trinajstić information content (AvgIpc) is 2.67. The molecule has 118 valence electrons. The molecule has 0 aliphatic rings. The van der Waals surface area contributed by atoms with Gasteiger partial charge in [-0.1, -0.05) is 13.8 Å². The molecule has 0 unspecified atom stereocenters. The zero-order chi connectivity index (χ0) is 16.2. The number of carbonyl (C=O) groups is 2. The molecule has 0 amide bonds. The Balaban J connectivity index is 2.86. The van der Waals surface area contributed by atoms with E-state index >= 15 is 0 Å². The number of aryl methyl sites for hydroxylation is 1. The molecular formula is C13H21N3O5. The Morgan fingerprint density at radius 2 is 1.76 bits per heavy atom. The van der Waals surface area contributed by atoms with Gasteiger partial charge in [0.05, 0.1) is 6.54 Å². The Morgan fingerprint density at radius 1 is 1.19 bits per heavy atom. The molecule has 0 saturated carbocycles. The van der Waals surface area contributed by atoms with Crippen LogP contribution in [0.1, 0.15) is 20.3 Å². The lowest BCUT2D eigenvalue weighted by atomic mass is 10.0.